The van der Waals surface area contributed by atoms with Crippen molar-refractivity contribution in [2.75, 3.05) is 0 Å². The summed E-state index contributed by atoms with van der Waals surface area (Å²) in [5, 5.41) is 0. The first-order chi connectivity index (χ1) is 12.0. The molecule has 25 heavy (non-hydrogen) atoms. The molecule has 0 aromatic heterocycles. The van der Waals surface area contributed by atoms with E-state index in [-0.39, 0.29) is 18.3 Å². The third-order valence-electron chi connectivity index (χ3n) is 4.59. The number of benzene rings is 1. The zero-order valence-corrected chi connectivity index (χ0v) is 14.2. The summed E-state index contributed by atoms with van der Waals surface area (Å²) in [4.78, 5) is 0. The average molecular weight is 360 g/mol. The summed E-state index contributed by atoms with van der Waals surface area (Å²) in [6.07, 6.45) is 3.78. The van der Waals surface area contributed by atoms with Crippen LogP contribution in [-0.4, -0.2) is 19.1 Å². The fraction of sp³-hybridized carbons (Fsp3) is 0.579. The van der Waals surface area contributed by atoms with Crippen molar-refractivity contribution in [1.82, 2.24) is 0 Å². The van der Waals surface area contributed by atoms with E-state index in [2.05, 4.69) is 10.8 Å². The van der Waals surface area contributed by atoms with Crippen molar-refractivity contribution in [1.29, 1.82) is 0 Å². The second kappa shape index (κ2) is 9.80. The normalized spacial score (nSPS) is 22.7. The molecule has 1 saturated carbocycles. The number of ether oxygens (including phenoxy) is 2. The Bertz CT molecular complexity index is 523. The molecule has 0 N–H and O–H groups in total. The van der Waals surface area contributed by atoms with Crippen LogP contribution >= 0.6 is 0 Å². The van der Waals surface area contributed by atoms with Crippen molar-refractivity contribution >= 4 is 0 Å². The number of hydrogen-bond donors (Lipinski definition) is 0. The Kier molecular flexibility index (Phi) is 7.75. The summed E-state index contributed by atoms with van der Waals surface area (Å²) in [5.74, 6) is 0.358. The molecule has 0 amide bonds. The molecule has 0 spiro atoms. The smallest absolute Gasteiger partial charge is 0.387 e. The van der Waals surface area contributed by atoms with Crippen molar-refractivity contribution in [2.45, 2.75) is 58.4 Å². The summed E-state index contributed by atoms with van der Waals surface area (Å²) in [5.41, 5.74) is 0.648. The van der Waals surface area contributed by atoms with Crippen molar-refractivity contribution < 1.29 is 27.0 Å². The molecule has 2 nitrogen and oxygen atoms in total. The zero-order chi connectivity index (χ0) is 18.2. The molecule has 1 aliphatic rings. The van der Waals surface area contributed by atoms with Gasteiger partial charge in [-0.3, -0.25) is 0 Å². The second-order valence-corrected chi connectivity index (χ2v) is 6.33. The van der Waals surface area contributed by atoms with Crippen molar-refractivity contribution in [3.05, 3.63) is 42.0 Å². The summed E-state index contributed by atoms with van der Waals surface area (Å²) in [6, 6.07) is 5.85. The molecule has 0 bridgehead atoms. The maximum atomic E-state index is 13.4. The first kappa shape index (κ1) is 19.8. The first-order valence-electron chi connectivity index (χ1n) is 8.56. The van der Waals surface area contributed by atoms with Gasteiger partial charge in [-0.2, -0.15) is 8.78 Å². The first-order valence-corrected chi connectivity index (χ1v) is 8.56. The van der Waals surface area contributed by atoms with Crippen LogP contribution in [0, 0.1) is 11.8 Å². The van der Waals surface area contributed by atoms with Crippen molar-refractivity contribution in [3.8, 4) is 5.75 Å². The van der Waals surface area contributed by atoms with E-state index in [0.29, 0.717) is 11.5 Å². The van der Waals surface area contributed by atoms with Gasteiger partial charge in [0, 0.05) is 0 Å². The Morgan fingerprint density at radius 1 is 1.04 bits per heavy atom. The van der Waals surface area contributed by atoms with Gasteiger partial charge >= 0.3 is 6.61 Å². The summed E-state index contributed by atoms with van der Waals surface area (Å²) < 4.78 is 60.8. The second-order valence-electron chi connectivity index (χ2n) is 6.33. The van der Waals surface area contributed by atoms with E-state index in [4.69, 9.17) is 4.74 Å². The number of rotatable bonds is 8. The highest BCUT2D eigenvalue weighted by Crippen LogP contribution is 2.35. The zero-order valence-electron chi connectivity index (χ0n) is 14.2. The number of allylic oxidation sites excluding steroid dienone is 2. The molecular weight excluding hydrogens is 336 g/mol. The van der Waals surface area contributed by atoms with Crippen LogP contribution in [0.4, 0.5) is 17.6 Å². The third-order valence-corrected chi connectivity index (χ3v) is 4.59. The fourth-order valence-corrected chi connectivity index (χ4v) is 3.31. The predicted molar refractivity (Wildman–Crippen MR) is 87.9 cm³/mol. The van der Waals surface area contributed by atoms with Crippen LogP contribution < -0.4 is 4.74 Å². The monoisotopic (exact) mass is 360 g/mol. The maximum absolute atomic E-state index is 13.4. The highest BCUT2D eigenvalue weighted by molar-refractivity contribution is 5.26. The van der Waals surface area contributed by atoms with Gasteiger partial charge in [0.05, 0.1) is 6.61 Å². The molecule has 0 saturated heterocycles. The van der Waals surface area contributed by atoms with Crippen LogP contribution in [0.5, 0.6) is 5.75 Å². The van der Waals surface area contributed by atoms with E-state index >= 15 is 0 Å². The summed E-state index contributed by atoms with van der Waals surface area (Å²) >= 11 is 0. The van der Waals surface area contributed by atoms with E-state index < -0.39 is 19.1 Å². The largest absolute Gasteiger partial charge is 0.435 e. The van der Waals surface area contributed by atoms with Gasteiger partial charge < -0.3 is 9.47 Å². The van der Waals surface area contributed by atoms with Crippen LogP contribution in [0.3, 0.4) is 0 Å². The van der Waals surface area contributed by atoms with E-state index in [1.54, 1.807) is 12.1 Å². The van der Waals surface area contributed by atoms with Crippen LogP contribution in [0.2, 0.25) is 0 Å². The molecule has 6 heteroatoms. The lowest BCUT2D eigenvalue weighted by Crippen LogP contribution is -2.33. The molecule has 1 fully saturated rings. The van der Waals surface area contributed by atoms with Gasteiger partial charge in [0.15, 0.2) is 0 Å². The van der Waals surface area contributed by atoms with Gasteiger partial charge in [-0.25, -0.2) is 8.78 Å². The minimum atomic E-state index is -2.89. The predicted octanol–water partition coefficient (Wildman–Crippen LogP) is 5.82. The molecule has 1 aromatic rings. The Morgan fingerprint density at radius 3 is 2.20 bits per heavy atom. The number of alkyl halides is 4. The Morgan fingerprint density at radius 2 is 1.68 bits per heavy atom. The quantitative estimate of drug-likeness (QED) is 0.429. The molecule has 1 atom stereocenters. The molecule has 2 rings (SSSR count). The van der Waals surface area contributed by atoms with Crippen LogP contribution in [0.15, 0.2) is 36.4 Å². The Hall–Kier alpha value is -1.56. The van der Waals surface area contributed by atoms with Crippen LogP contribution in [0.25, 0.3) is 0 Å². The van der Waals surface area contributed by atoms with E-state index in [1.165, 1.54) is 12.1 Å². The van der Waals surface area contributed by atoms with Crippen molar-refractivity contribution in [2.24, 2.45) is 11.8 Å². The molecular formula is C19H24F4O2. The SMILES string of the molecule is C/C=C/C1CCC(C(OCc2ccc(OC(F)F)cc2)C(F)F)CC1. The maximum Gasteiger partial charge on any atom is 0.387 e. The molecule has 0 radical (unpaired) electrons. The lowest BCUT2D eigenvalue weighted by Gasteiger charge is -2.32. The highest BCUT2D eigenvalue weighted by atomic mass is 19.3. The summed E-state index contributed by atoms with van der Waals surface area (Å²) in [6.45, 7) is -0.893. The Balaban J connectivity index is 1.87. The van der Waals surface area contributed by atoms with E-state index in [9.17, 15) is 17.6 Å². The minimum Gasteiger partial charge on any atom is -0.435 e. The van der Waals surface area contributed by atoms with Crippen LogP contribution in [0.1, 0.15) is 38.2 Å². The molecule has 0 aliphatic heterocycles. The van der Waals surface area contributed by atoms with Gasteiger partial charge in [0.25, 0.3) is 6.43 Å². The minimum absolute atomic E-state index is 0.0265. The Labute approximate surface area is 145 Å². The fourth-order valence-electron chi connectivity index (χ4n) is 3.31. The molecule has 1 aromatic carbocycles. The van der Waals surface area contributed by atoms with Gasteiger partial charge in [-0.1, -0.05) is 24.3 Å². The van der Waals surface area contributed by atoms with Crippen LogP contribution in [-0.2, 0) is 11.3 Å². The molecule has 0 heterocycles. The van der Waals surface area contributed by atoms with Gasteiger partial charge in [-0.15, -0.1) is 0 Å². The summed E-state index contributed by atoms with van der Waals surface area (Å²) in [7, 11) is 0. The van der Waals surface area contributed by atoms with Gasteiger partial charge in [0.1, 0.15) is 11.9 Å². The van der Waals surface area contributed by atoms with Crippen molar-refractivity contribution in [3.63, 3.8) is 0 Å². The topological polar surface area (TPSA) is 18.5 Å². The van der Waals surface area contributed by atoms with E-state index in [1.807, 2.05) is 13.0 Å². The molecule has 140 valence electrons. The third kappa shape index (κ3) is 6.34. The van der Waals surface area contributed by atoms with E-state index in [0.717, 1.165) is 25.7 Å². The van der Waals surface area contributed by atoms with Gasteiger partial charge in [0.2, 0.25) is 0 Å². The average Bonchev–Trinajstić information content (AvgIpc) is 2.57. The van der Waals surface area contributed by atoms with Gasteiger partial charge in [-0.05, 0) is 62.1 Å². The number of hydrogen-bond acceptors (Lipinski definition) is 2. The number of halogens is 4. The standard InChI is InChI=1S/C19H24F4O2/c1-2-3-13-4-8-15(9-5-13)17(18(20)21)24-12-14-6-10-16(11-7-14)25-19(22)23/h2-3,6-7,10-11,13,15,17-19H,4-5,8-9,12H2,1H3/b3-2+. The highest BCUT2D eigenvalue weighted by Gasteiger charge is 2.33. The molecule has 1 aliphatic carbocycles. The lowest BCUT2D eigenvalue weighted by atomic mass is 9.79. The molecule has 1 unspecified atom stereocenters. The lowest BCUT2D eigenvalue weighted by molar-refractivity contribution is -0.101.